The minimum atomic E-state index is -5.41. The number of hydrogen-bond acceptors (Lipinski definition) is 19. The van der Waals surface area contributed by atoms with Crippen molar-refractivity contribution in [3.63, 3.8) is 0 Å². The molecule has 6 N–H and O–H groups in total. The Morgan fingerprint density at radius 3 is 1.41 bits per heavy atom. The van der Waals surface area contributed by atoms with E-state index in [0.717, 1.165) is 0 Å². The molecule has 364 valence electrons. The zero-order chi connectivity index (χ0) is 47.9. The minimum Gasteiger partial charge on any atom is -0.347 e. The Kier molecular flexibility index (Phi) is 13.2. The van der Waals surface area contributed by atoms with E-state index in [9.17, 15) is 28.5 Å². The maximum Gasteiger partial charge on any atom is 0.481 e. The Balaban J connectivity index is 0.832. The molecule has 10 rings (SSSR count). The molecule has 29 heteroatoms. The standard InChI is InChI=1S/C40H44N12O15P2/c1-3-41-39(53)49-31-25-33(45-17-43-31)51(19-47-25)35-29-27(63-37(65-29)21-11-7-5-8-12-21)23(61-35)15-59-68(55,56)67-69(57,58)60-16-24-28-30(66-38(64-28)22-13-9-6-10-14-22)36(62-24)52-20-48-26-32(44-18-46-34(26)52)50-40(54)42-4-2/h5-14,17-20,23-24,27-30,35-38H,3-4,15-16H2,1-2H3,(H,55,56)(H,57,58)(H2,41,43,45,49,53)(H2,42,44,46,50,54)/t23-,24-,27-,28-,29-,30-,35-,36-,37?,38?/m1/s1. The second kappa shape index (κ2) is 19.5. The topological polar surface area (TPSA) is 327 Å². The van der Waals surface area contributed by atoms with Crippen molar-refractivity contribution in [2.45, 2.75) is 75.5 Å². The Bertz CT molecular complexity index is 2730. The van der Waals surface area contributed by atoms with Crippen LogP contribution in [0.5, 0.6) is 0 Å². The van der Waals surface area contributed by atoms with Gasteiger partial charge in [-0.2, -0.15) is 4.31 Å². The molecule has 2 aromatic carbocycles. The average Bonchev–Trinajstić information content (AvgIpc) is 4.20. The fraction of sp³-hybridized carbons (Fsp3) is 0.400. The van der Waals surface area contributed by atoms with Gasteiger partial charge >= 0.3 is 27.7 Å². The van der Waals surface area contributed by atoms with Gasteiger partial charge in [-0.25, -0.2) is 48.6 Å². The van der Waals surface area contributed by atoms with Crippen LogP contribution in [-0.4, -0.2) is 124 Å². The molecule has 0 saturated carbocycles. The number of rotatable bonds is 16. The summed E-state index contributed by atoms with van der Waals surface area (Å²) in [5, 5.41) is 10.5. The summed E-state index contributed by atoms with van der Waals surface area (Å²) in [6, 6.07) is 17.0. The number of aromatic nitrogens is 8. The van der Waals surface area contributed by atoms with E-state index in [1.165, 1.54) is 34.4 Å². The van der Waals surface area contributed by atoms with Gasteiger partial charge in [0.15, 0.2) is 59.0 Å². The molecule has 69 heavy (non-hydrogen) atoms. The SMILES string of the molecule is CCNC(=O)Nc1ncnc2c1ncn2[C@@H]1O[C@H](COP(=O)(O)OP(=O)(O)OC[C@H]2O[C@@H](n3cnc4c(NC(=O)NCC)ncnc43)[C@@H]3OC(c4ccccc4)O[C@@H]32)[C@H]2OC(c3ccccc3)O[C@H]21. The molecule has 0 bridgehead atoms. The van der Waals surface area contributed by atoms with Gasteiger partial charge in [0.2, 0.25) is 0 Å². The van der Waals surface area contributed by atoms with E-state index in [1.54, 1.807) is 62.4 Å². The van der Waals surface area contributed by atoms with Crippen LogP contribution in [0.15, 0.2) is 86.0 Å². The van der Waals surface area contributed by atoms with Crippen LogP contribution < -0.4 is 21.3 Å². The molecule has 0 radical (unpaired) electrons. The zero-order valence-corrected chi connectivity index (χ0v) is 38.1. The first kappa shape index (κ1) is 46.8. The number of urea groups is 2. The van der Waals surface area contributed by atoms with Crippen LogP contribution in [0.1, 0.15) is 50.0 Å². The number of carbonyl (C=O) groups is 2. The maximum atomic E-state index is 13.4. The summed E-state index contributed by atoms with van der Waals surface area (Å²) in [6.45, 7) is 2.86. The third kappa shape index (κ3) is 9.70. The lowest BCUT2D eigenvalue weighted by Gasteiger charge is -2.23. The normalized spacial score (nSPS) is 27.9. The number of nitrogens with zero attached hydrogens (tertiary/aromatic N) is 8. The van der Waals surface area contributed by atoms with Gasteiger partial charge in [-0.3, -0.25) is 28.8 Å². The van der Waals surface area contributed by atoms with Crippen molar-refractivity contribution >= 4 is 61.7 Å². The first-order valence-corrected chi connectivity index (χ1v) is 24.5. The molecule has 12 atom stereocenters. The zero-order valence-electron chi connectivity index (χ0n) is 36.4. The maximum absolute atomic E-state index is 13.4. The van der Waals surface area contributed by atoms with Gasteiger partial charge in [-0.1, -0.05) is 60.7 Å². The molecule has 4 aliphatic rings. The summed E-state index contributed by atoms with van der Waals surface area (Å²) in [5.41, 5.74) is 2.32. The van der Waals surface area contributed by atoms with Crippen LogP contribution in [-0.2, 0) is 50.9 Å². The quantitative estimate of drug-likeness (QED) is 0.0747. The first-order chi connectivity index (χ1) is 33.4. The molecule has 0 spiro atoms. The lowest BCUT2D eigenvalue weighted by atomic mass is 10.1. The van der Waals surface area contributed by atoms with E-state index in [0.29, 0.717) is 24.2 Å². The van der Waals surface area contributed by atoms with E-state index in [4.69, 9.17) is 41.8 Å². The highest BCUT2D eigenvalue weighted by atomic mass is 31.3. The summed E-state index contributed by atoms with van der Waals surface area (Å²) in [4.78, 5) is 72.2. The molecule has 4 unspecified atom stereocenters. The predicted molar refractivity (Wildman–Crippen MR) is 234 cm³/mol. The fourth-order valence-electron chi connectivity index (χ4n) is 8.32. The van der Waals surface area contributed by atoms with Crippen molar-refractivity contribution in [1.29, 1.82) is 0 Å². The lowest BCUT2D eigenvalue weighted by Crippen LogP contribution is -2.32. The Morgan fingerprint density at radius 2 is 1.00 bits per heavy atom. The molecule has 0 aliphatic carbocycles. The van der Waals surface area contributed by atoms with Crippen molar-refractivity contribution in [2.24, 2.45) is 0 Å². The molecule has 4 fully saturated rings. The van der Waals surface area contributed by atoms with Gasteiger partial charge in [-0.15, -0.1) is 0 Å². The minimum absolute atomic E-state index is 0.127. The third-order valence-corrected chi connectivity index (χ3v) is 13.9. The number of phosphoric acid groups is 2. The number of anilines is 2. The van der Waals surface area contributed by atoms with E-state index >= 15 is 0 Å². The largest absolute Gasteiger partial charge is 0.481 e. The summed E-state index contributed by atoms with van der Waals surface area (Å²) >= 11 is 0. The fourth-order valence-corrected chi connectivity index (χ4v) is 10.4. The third-order valence-electron chi connectivity index (χ3n) is 11.3. The number of nitrogens with one attached hydrogen (secondary N) is 4. The number of phosphoric ester groups is 2. The first-order valence-electron chi connectivity index (χ1n) is 21.5. The molecule has 4 saturated heterocycles. The Labute approximate surface area is 390 Å². The van der Waals surface area contributed by atoms with Crippen LogP contribution >= 0.6 is 15.6 Å². The number of carbonyl (C=O) groups excluding carboxylic acids is 2. The second-order valence-corrected chi connectivity index (χ2v) is 18.7. The predicted octanol–water partition coefficient (Wildman–Crippen LogP) is 3.96. The number of ether oxygens (including phenoxy) is 6. The number of amides is 4. The smallest absolute Gasteiger partial charge is 0.347 e. The molecule has 4 aromatic heterocycles. The van der Waals surface area contributed by atoms with Crippen molar-refractivity contribution in [2.75, 3.05) is 36.9 Å². The summed E-state index contributed by atoms with van der Waals surface area (Å²) < 4.78 is 83.1. The van der Waals surface area contributed by atoms with Crippen LogP contribution in [0.3, 0.4) is 0 Å². The monoisotopic (exact) mass is 994 g/mol. The Morgan fingerprint density at radius 1 is 0.594 bits per heavy atom. The molecular weight excluding hydrogens is 950 g/mol. The van der Waals surface area contributed by atoms with Gasteiger partial charge in [0.25, 0.3) is 0 Å². The van der Waals surface area contributed by atoms with E-state index in [1.807, 2.05) is 12.1 Å². The molecule has 4 amide bonds. The summed E-state index contributed by atoms with van der Waals surface area (Å²) in [7, 11) is -10.8. The molecule has 8 heterocycles. The van der Waals surface area contributed by atoms with E-state index < -0.39 is 103 Å². The van der Waals surface area contributed by atoms with Crippen molar-refractivity contribution in [3.05, 3.63) is 97.1 Å². The number of fused-ring (bicyclic) bond motifs is 4. The van der Waals surface area contributed by atoms with Gasteiger partial charge in [0.05, 0.1) is 25.9 Å². The molecule has 27 nitrogen and oxygen atoms in total. The average molecular weight is 995 g/mol. The van der Waals surface area contributed by atoms with Gasteiger partial charge < -0.3 is 48.8 Å². The number of imidazole rings is 2. The van der Waals surface area contributed by atoms with Gasteiger partial charge in [-0.05, 0) is 13.8 Å². The van der Waals surface area contributed by atoms with E-state index in [2.05, 4.69) is 51.2 Å². The molecule has 4 aliphatic heterocycles. The molecular formula is C40H44N12O15P2. The lowest BCUT2D eigenvalue weighted by molar-refractivity contribution is -0.153. The highest BCUT2D eigenvalue weighted by Crippen LogP contribution is 2.61. The summed E-state index contributed by atoms with van der Waals surface area (Å²) in [5.74, 6) is 0.255. The van der Waals surface area contributed by atoms with Gasteiger partial charge in [0.1, 0.15) is 49.3 Å². The second-order valence-electron chi connectivity index (χ2n) is 15.7. The van der Waals surface area contributed by atoms with Crippen LogP contribution in [0.25, 0.3) is 22.3 Å². The highest BCUT2D eigenvalue weighted by molar-refractivity contribution is 7.61. The van der Waals surface area contributed by atoms with Gasteiger partial charge in [0, 0.05) is 24.2 Å². The van der Waals surface area contributed by atoms with Crippen molar-refractivity contribution in [1.82, 2.24) is 49.7 Å². The highest BCUT2D eigenvalue weighted by Gasteiger charge is 2.56. The Hall–Kier alpha value is -5.90. The van der Waals surface area contributed by atoms with Crippen molar-refractivity contribution in [3.8, 4) is 0 Å². The van der Waals surface area contributed by atoms with E-state index in [-0.39, 0.29) is 34.0 Å². The number of hydrogen-bond donors (Lipinski definition) is 6. The van der Waals surface area contributed by atoms with Crippen LogP contribution in [0.4, 0.5) is 21.2 Å². The van der Waals surface area contributed by atoms with Crippen LogP contribution in [0, 0.1) is 0 Å². The van der Waals surface area contributed by atoms with Crippen molar-refractivity contribution < 1.29 is 70.3 Å². The molecule has 6 aromatic rings. The van der Waals surface area contributed by atoms with Crippen LogP contribution in [0.2, 0.25) is 0 Å². The number of benzene rings is 2. The summed E-state index contributed by atoms with van der Waals surface area (Å²) in [6.07, 6.45) is -4.39.